The van der Waals surface area contributed by atoms with E-state index < -0.39 is 17.6 Å². The number of amides is 2. The highest BCUT2D eigenvalue weighted by Crippen LogP contribution is 2.28. The molecule has 150 valence electrons. The average molecular weight is 403 g/mol. The number of para-hydroxylation sites is 1. The Morgan fingerprint density at radius 3 is 2.67 bits per heavy atom. The molecule has 2 aromatic carbocycles. The third-order valence-corrected chi connectivity index (χ3v) is 4.72. The number of carbonyl (C=O) groups excluding carboxylic acids is 2. The maximum absolute atomic E-state index is 15.1. The second-order valence-corrected chi connectivity index (χ2v) is 6.77. The summed E-state index contributed by atoms with van der Waals surface area (Å²) < 4.78 is 16.4. The molecule has 0 aliphatic carbocycles. The third kappa shape index (κ3) is 3.50. The van der Waals surface area contributed by atoms with Gasteiger partial charge in [-0.1, -0.05) is 30.3 Å². The summed E-state index contributed by atoms with van der Waals surface area (Å²) in [6.45, 7) is 1.63. The number of primary amides is 1. The van der Waals surface area contributed by atoms with Crippen molar-refractivity contribution in [2.24, 2.45) is 5.73 Å². The van der Waals surface area contributed by atoms with Crippen LogP contribution in [0.25, 0.3) is 22.2 Å². The lowest BCUT2D eigenvalue weighted by atomic mass is 10.1. The van der Waals surface area contributed by atoms with Gasteiger partial charge in [-0.15, -0.1) is 0 Å². The summed E-state index contributed by atoms with van der Waals surface area (Å²) >= 11 is 0. The van der Waals surface area contributed by atoms with Crippen LogP contribution in [0.3, 0.4) is 0 Å². The van der Waals surface area contributed by atoms with Gasteiger partial charge < -0.3 is 11.1 Å². The Hall–Kier alpha value is -4.07. The second kappa shape index (κ2) is 7.75. The van der Waals surface area contributed by atoms with Crippen LogP contribution in [0, 0.1) is 12.7 Å². The number of fused-ring (bicyclic) bond motifs is 1. The Bertz CT molecular complexity index is 1280. The van der Waals surface area contributed by atoms with Gasteiger partial charge in [-0.2, -0.15) is 5.10 Å². The number of hydrogen-bond donors (Lipinski definition) is 2. The molecule has 0 saturated carbocycles. The molecule has 0 spiro atoms. The van der Waals surface area contributed by atoms with Gasteiger partial charge >= 0.3 is 0 Å². The molecule has 2 heterocycles. The summed E-state index contributed by atoms with van der Waals surface area (Å²) in [5, 5.41) is 7.27. The Morgan fingerprint density at radius 2 is 1.90 bits per heavy atom. The smallest absolute Gasteiger partial charge is 0.269 e. The molecular weight excluding hydrogens is 385 g/mol. The van der Waals surface area contributed by atoms with Crippen LogP contribution in [0.4, 0.5) is 10.1 Å². The zero-order valence-corrected chi connectivity index (χ0v) is 16.1. The van der Waals surface area contributed by atoms with Crippen LogP contribution in [-0.2, 0) is 11.3 Å². The van der Waals surface area contributed by atoms with Crippen LogP contribution in [0.5, 0.6) is 0 Å². The number of carbonyl (C=O) groups is 2. The first-order valence-corrected chi connectivity index (χ1v) is 9.21. The molecule has 2 aromatic heterocycles. The topological polar surface area (TPSA) is 103 Å². The lowest BCUT2D eigenvalue weighted by Gasteiger charge is -2.11. The molecule has 4 rings (SSSR count). The van der Waals surface area contributed by atoms with Crippen molar-refractivity contribution in [2.45, 2.75) is 13.5 Å². The first kappa shape index (κ1) is 19.3. The average Bonchev–Trinajstić information content (AvgIpc) is 3.09. The summed E-state index contributed by atoms with van der Waals surface area (Å²) in [6.07, 6.45) is 1.59. The van der Waals surface area contributed by atoms with Crippen LogP contribution >= 0.6 is 0 Å². The van der Waals surface area contributed by atoms with Crippen molar-refractivity contribution in [3.05, 3.63) is 77.9 Å². The fourth-order valence-electron chi connectivity index (χ4n) is 3.33. The van der Waals surface area contributed by atoms with E-state index in [0.29, 0.717) is 22.2 Å². The molecule has 30 heavy (non-hydrogen) atoms. The minimum atomic E-state index is -0.685. The largest absolute Gasteiger partial charge is 0.364 e. The van der Waals surface area contributed by atoms with Crippen molar-refractivity contribution in [2.75, 3.05) is 5.32 Å². The van der Waals surface area contributed by atoms with Crippen LogP contribution in [0.15, 0.2) is 60.8 Å². The van der Waals surface area contributed by atoms with Crippen molar-refractivity contribution >= 4 is 28.4 Å². The van der Waals surface area contributed by atoms with Gasteiger partial charge in [0.2, 0.25) is 5.91 Å². The maximum atomic E-state index is 15.1. The van der Waals surface area contributed by atoms with Crippen molar-refractivity contribution in [3.63, 3.8) is 0 Å². The number of hydrogen-bond acceptors (Lipinski definition) is 4. The molecule has 0 bridgehead atoms. The minimum absolute atomic E-state index is 0.0362. The Labute approximate surface area is 171 Å². The Balaban J connectivity index is 1.62. The number of nitrogens with zero attached hydrogens (tertiary/aromatic N) is 3. The van der Waals surface area contributed by atoms with Gasteiger partial charge in [0.15, 0.2) is 11.5 Å². The van der Waals surface area contributed by atoms with E-state index in [1.807, 2.05) is 13.0 Å². The molecule has 0 fully saturated rings. The highest BCUT2D eigenvalue weighted by Gasteiger charge is 2.18. The van der Waals surface area contributed by atoms with Crippen LogP contribution < -0.4 is 11.1 Å². The third-order valence-electron chi connectivity index (χ3n) is 4.72. The van der Waals surface area contributed by atoms with Gasteiger partial charge in [-0.25, -0.2) is 4.39 Å². The molecule has 8 heteroatoms. The molecule has 7 nitrogen and oxygen atoms in total. The van der Waals surface area contributed by atoms with Crippen LogP contribution in [0.1, 0.15) is 16.1 Å². The standard InChI is InChI=1S/C22H18FN5O2/c1-13-6-5-11-25-20(13)15-8-4-9-16(19(15)23)26-18(29)12-28-17-10-3-2-7-14(17)21(27-28)22(24)30/h2-11H,12H2,1H3,(H2,24,30)(H,26,29). The van der Waals surface area contributed by atoms with E-state index in [-0.39, 0.29) is 17.9 Å². The number of nitrogens with one attached hydrogen (secondary N) is 1. The first-order valence-electron chi connectivity index (χ1n) is 9.21. The maximum Gasteiger partial charge on any atom is 0.269 e. The SMILES string of the molecule is Cc1cccnc1-c1cccc(NC(=O)Cn2nc(C(N)=O)c3ccccc32)c1F. The van der Waals surface area contributed by atoms with Crippen molar-refractivity contribution in [1.82, 2.24) is 14.8 Å². The molecule has 0 radical (unpaired) electrons. The number of anilines is 1. The van der Waals surface area contributed by atoms with E-state index in [9.17, 15) is 9.59 Å². The molecule has 0 atom stereocenters. The lowest BCUT2D eigenvalue weighted by Crippen LogP contribution is -2.21. The molecule has 0 aliphatic rings. The predicted molar refractivity (Wildman–Crippen MR) is 111 cm³/mol. The second-order valence-electron chi connectivity index (χ2n) is 6.77. The first-order chi connectivity index (χ1) is 14.5. The van der Waals surface area contributed by atoms with Gasteiger partial charge in [0.1, 0.15) is 6.54 Å². The normalized spacial score (nSPS) is 10.9. The van der Waals surface area contributed by atoms with Gasteiger partial charge in [-0.3, -0.25) is 19.3 Å². The highest BCUT2D eigenvalue weighted by atomic mass is 19.1. The number of nitrogens with two attached hydrogens (primary N) is 1. The zero-order valence-electron chi connectivity index (χ0n) is 16.1. The minimum Gasteiger partial charge on any atom is -0.364 e. The number of rotatable bonds is 5. The summed E-state index contributed by atoms with van der Waals surface area (Å²) in [4.78, 5) is 28.5. The van der Waals surface area contributed by atoms with Crippen molar-refractivity contribution < 1.29 is 14.0 Å². The zero-order chi connectivity index (χ0) is 21.3. The number of pyridine rings is 1. The molecule has 2 amide bonds. The molecule has 0 aliphatic heterocycles. The summed E-state index contributed by atoms with van der Waals surface area (Å²) in [5.74, 6) is -1.75. The van der Waals surface area contributed by atoms with Gasteiger partial charge in [0.25, 0.3) is 5.91 Å². The summed E-state index contributed by atoms with van der Waals surface area (Å²) in [7, 11) is 0. The number of aromatic nitrogens is 3. The van der Waals surface area contributed by atoms with Crippen LogP contribution in [0.2, 0.25) is 0 Å². The molecule has 3 N–H and O–H groups in total. The Morgan fingerprint density at radius 1 is 1.10 bits per heavy atom. The van der Waals surface area contributed by atoms with E-state index in [4.69, 9.17) is 5.73 Å². The molecule has 0 unspecified atom stereocenters. The van der Waals surface area contributed by atoms with Crippen LogP contribution in [-0.4, -0.2) is 26.6 Å². The van der Waals surface area contributed by atoms with E-state index in [1.54, 1.807) is 48.7 Å². The fourth-order valence-corrected chi connectivity index (χ4v) is 3.33. The molecular formula is C22H18FN5O2. The number of halogens is 1. The van der Waals surface area contributed by atoms with Gasteiger partial charge in [0.05, 0.1) is 16.9 Å². The van der Waals surface area contributed by atoms with Gasteiger partial charge in [0, 0.05) is 17.1 Å². The fraction of sp³-hybridized carbons (Fsp3) is 0.0909. The molecule has 4 aromatic rings. The summed E-state index contributed by atoms with van der Waals surface area (Å²) in [5.41, 5.74) is 7.71. The Kier molecular flexibility index (Phi) is 4.97. The van der Waals surface area contributed by atoms with E-state index >= 15 is 4.39 Å². The van der Waals surface area contributed by atoms with Gasteiger partial charge in [-0.05, 0) is 36.8 Å². The lowest BCUT2D eigenvalue weighted by molar-refractivity contribution is -0.116. The summed E-state index contributed by atoms with van der Waals surface area (Å²) in [6, 6.07) is 15.3. The monoisotopic (exact) mass is 403 g/mol. The van der Waals surface area contributed by atoms with Crippen molar-refractivity contribution in [3.8, 4) is 11.3 Å². The van der Waals surface area contributed by atoms with E-state index in [2.05, 4.69) is 15.4 Å². The van der Waals surface area contributed by atoms with Crippen molar-refractivity contribution in [1.29, 1.82) is 0 Å². The highest BCUT2D eigenvalue weighted by molar-refractivity contribution is 6.04. The number of benzene rings is 2. The van der Waals surface area contributed by atoms with E-state index in [1.165, 1.54) is 10.7 Å². The molecule has 0 saturated heterocycles. The van der Waals surface area contributed by atoms with E-state index in [0.717, 1.165) is 5.56 Å². The predicted octanol–water partition coefficient (Wildman–Crippen LogP) is 3.28. The number of aryl methyl sites for hydroxylation is 1. The quantitative estimate of drug-likeness (QED) is 0.534.